The Morgan fingerprint density at radius 2 is 1.51 bits per heavy atom. The molecule has 1 aliphatic carbocycles. The second-order valence-electron chi connectivity index (χ2n) is 11.5. The largest absolute Gasteiger partial charge is 0.497 e. The lowest BCUT2D eigenvalue weighted by Crippen LogP contribution is -2.54. The normalized spacial score (nSPS) is 13.9. The number of nitrogens with zero attached hydrogens (tertiary/aromatic N) is 2. The van der Waals surface area contributed by atoms with Gasteiger partial charge < -0.3 is 15.0 Å². The first kappa shape index (κ1) is 34.3. The Labute approximate surface area is 286 Å². The minimum atomic E-state index is -4.26. The Morgan fingerprint density at radius 3 is 2.17 bits per heavy atom. The van der Waals surface area contributed by atoms with Crippen LogP contribution in [-0.2, 0) is 32.6 Å². The van der Waals surface area contributed by atoms with E-state index in [4.69, 9.17) is 27.9 Å². The lowest BCUT2D eigenvalue weighted by Gasteiger charge is -2.34. The van der Waals surface area contributed by atoms with Gasteiger partial charge in [0.15, 0.2) is 0 Å². The highest BCUT2D eigenvalue weighted by molar-refractivity contribution is 7.92. The highest BCUT2D eigenvalue weighted by Gasteiger charge is 2.35. The van der Waals surface area contributed by atoms with E-state index in [1.54, 1.807) is 37.4 Å². The summed E-state index contributed by atoms with van der Waals surface area (Å²) >= 11 is 12.5. The van der Waals surface area contributed by atoms with E-state index in [1.807, 2.05) is 42.5 Å². The van der Waals surface area contributed by atoms with Gasteiger partial charge in [0.2, 0.25) is 11.8 Å². The number of hydrogen-bond acceptors (Lipinski definition) is 5. The SMILES string of the molecule is COc1cccc(CN(C(=O)CN(c2ccc(Cl)c(Cl)c2)S(=O)(=O)c2ccccc2)[C@H](Cc2ccccc2)C(=O)NC2CCCC2)c1. The predicted molar refractivity (Wildman–Crippen MR) is 185 cm³/mol. The van der Waals surface area contributed by atoms with Gasteiger partial charge in [-0.15, -0.1) is 0 Å². The van der Waals surface area contributed by atoms with E-state index in [0.29, 0.717) is 5.75 Å². The highest BCUT2D eigenvalue weighted by atomic mass is 35.5. The summed E-state index contributed by atoms with van der Waals surface area (Å²) in [5.74, 6) is -0.265. The minimum Gasteiger partial charge on any atom is -0.497 e. The van der Waals surface area contributed by atoms with Crippen molar-refractivity contribution in [3.63, 3.8) is 0 Å². The first-order valence-electron chi connectivity index (χ1n) is 15.5. The summed E-state index contributed by atoms with van der Waals surface area (Å²) in [5.41, 5.74) is 1.74. The molecule has 1 N–H and O–H groups in total. The van der Waals surface area contributed by atoms with Crippen LogP contribution in [-0.4, -0.2) is 50.9 Å². The van der Waals surface area contributed by atoms with Crippen LogP contribution in [0.4, 0.5) is 5.69 Å². The maximum Gasteiger partial charge on any atom is 0.264 e. The number of amides is 2. The molecule has 4 aromatic rings. The molecule has 8 nitrogen and oxygen atoms in total. The Bertz CT molecular complexity index is 1790. The molecule has 246 valence electrons. The number of rotatable bonds is 13. The van der Waals surface area contributed by atoms with Crippen molar-refractivity contribution in [2.75, 3.05) is 18.0 Å². The van der Waals surface area contributed by atoms with Gasteiger partial charge in [0.1, 0.15) is 18.3 Å². The number of carbonyl (C=O) groups excluding carboxylic acids is 2. The first-order chi connectivity index (χ1) is 22.7. The van der Waals surface area contributed by atoms with Crippen molar-refractivity contribution in [2.45, 2.75) is 55.6 Å². The molecule has 0 unspecified atom stereocenters. The van der Waals surface area contributed by atoms with Gasteiger partial charge in [-0.25, -0.2) is 8.42 Å². The number of nitrogens with one attached hydrogen (secondary N) is 1. The van der Waals surface area contributed by atoms with Crippen molar-refractivity contribution in [1.29, 1.82) is 0 Å². The molecule has 0 saturated heterocycles. The zero-order valence-corrected chi connectivity index (χ0v) is 28.3. The maximum atomic E-state index is 14.6. The van der Waals surface area contributed by atoms with Crippen molar-refractivity contribution >= 4 is 50.7 Å². The fourth-order valence-corrected chi connectivity index (χ4v) is 7.50. The molecule has 0 aliphatic heterocycles. The molecule has 0 radical (unpaired) electrons. The van der Waals surface area contributed by atoms with Gasteiger partial charge in [0.05, 0.1) is 27.7 Å². The van der Waals surface area contributed by atoms with Gasteiger partial charge in [-0.1, -0.05) is 96.7 Å². The summed E-state index contributed by atoms with van der Waals surface area (Å²) in [5, 5.41) is 3.55. The molecule has 1 saturated carbocycles. The molecule has 1 aliphatic rings. The lowest BCUT2D eigenvalue weighted by molar-refractivity contribution is -0.140. The van der Waals surface area contributed by atoms with Crippen LogP contribution < -0.4 is 14.4 Å². The van der Waals surface area contributed by atoms with Gasteiger partial charge in [-0.2, -0.15) is 0 Å². The summed E-state index contributed by atoms with van der Waals surface area (Å²) in [4.78, 5) is 30.2. The second-order valence-corrected chi connectivity index (χ2v) is 14.2. The van der Waals surface area contributed by atoms with E-state index >= 15 is 0 Å². The Morgan fingerprint density at radius 1 is 0.851 bits per heavy atom. The quantitative estimate of drug-likeness (QED) is 0.164. The van der Waals surface area contributed by atoms with Crippen molar-refractivity contribution in [3.8, 4) is 5.75 Å². The van der Waals surface area contributed by atoms with E-state index in [1.165, 1.54) is 35.2 Å². The molecular weight excluding hydrogens is 657 g/mol. The minimum absolute atomic E-state index is 0.00182. The molecule has 0 spiro atoms. The van der Waals surface area contributed by atoms with Gasteiger partial charge >= 0.3 is 0 Å². The second kappa shape index (κ2) is 15.7. The van der Waals surface area contributed by atoms with Crippen LogP contribution >= 0.6 is 23.2 Å². The zero-order valence-electron chi connectivity index (χ0n) is 26.0. The topological polar surface area (TPSA) is 96.0 Å². The van der Waals surface area contributed by atoms with Crippen LogP contribution in [0.1, 0.15) is 36.8 Å². The number of ether oxygens (including phenoxy) is 1. The summed E-state index contributed by atoms with van der Waals surface area (Å²) < 4.78 is 34.7. The van der Waals surface area contributed by atoms with Crippen molar-refractivity contribution in [2.24, 2.45) is 0 Å². The Kier molecular flexibility index (Phi) is 11.4. The Balaban J connectivity index is 1.58. The molecule has 0 heterocycles. The van der Waals surface area contributed by atoms with Gasteiger partial charge in [-0.3, -0.25) is 13.9 Å². The third-order valence-electron chi connectivity index (χ3n) is 8.26. The maximum absolute atomic E-state index is 14.6. The van der Waals surface area contributed by atoms with E-state index in [9.17, 15) is 18.0 Å². The zero-order chi connectivity index (χ0) is 33.4. The average Bonchev–Trinajstić information content (AvgIpc) is 3.60. The summed E-state index contributed by atoms with van der Waals surface area (Å²) in [6, 6.07) is 28.1. The Hall–Kier alpha value is -4.05. The summed E-state index contributed by atoms with van der Waals surface area (Å²) in [7, 11) is -2.70. The van der Waals surface area contributed by atoms with Gasteiger partial charge in [-0.05, 0) is 66.4 Å². The van der Waals surface area contributed by atoms with Crippen molar-refractivity contribution < 1.29 is 22.7 Å². The molecule has 47 heavy (non-hydrogen) atoms. The molecule has 1 atom stereocenters. The monoisotopic (exact) mass is 693 g/mol. The molecule has 2 amide bonds. The van der Waals surface area contributed by atoms with Crippen LogP contribution in [0.25, 0.3) is 0 Å². The molecule has 5 rings (SSSR count). The number of methoxy groups -OCH3 is 1. The molecular formula is C36H37Cl2N3O5S. The van der Waals surface area contributed by atoms with Gasteiger partial charge in [0.25, 0.3) is 10.0 Å². The van der Waals surface area contributed by atoms with E-state index < -0.39 is 28.5 Å². The molecule has 11 heteroatoms. The first-order valence-corrected chi connectivity index (χ1v) is 17.6. The number of hydrogen-bond donors (Lipinski definition) is 1. The number of halogens is 2. The van der Waals surface area contributed by atoms with Crippen LogP contribution in [0.2, 0.25) is 10.0 Å². The molecule has 4 aromatic carbocycles. The van der Waals surface area contributed by atoms with E-state index in [-0.39, 0.29) is 45.5 Å². The smallest absolute Gasteiger partial charge is 0.264 e. The van der Waals surface area contributed by atoms with Crippen LogP contribution in [0, 0.1) is 0 Å². The third kappa shape index (κ3) is 8.66. The highest BCUT2D eigenvalue weighted by Crippen LogP contribution is 2.31. The van der Waals surface area contributed by atoms with Crippen LogP contribution in [0.5, 0.6) is 5.75 Å². The van der Waals surface area contributed by atoms with Gasteiger partial charge in [0, 0.05) is 19.0 Å². The third-order valence-corrected chi connectivity index (χ3v) is 10.8. The van der Waals surface area contributed by atoms with Crippen LogP contribution in [0.15, 0.2) is 108 Å². The number of benzene rings is 4. The standard InChI is InChI=1S/C36H37Cl2N3O5S/c1-46-30-16-10-13-27(21-30)24-40(34(22-26-11-4-2-5-12-26)36(43)39-28-14-8-9-15-28)35(42)25-41(29-19-20-32(37)33(38)23-29)47(44,45)31-17-6-3-7-18-31/h2-7,10-13,16-21,23,28,34H,8-9,14-15,22,24-25H2,1H3,(H,39,43)/t34-/m1/s1. The van der Waals surface area contributed by atoms with Crippen molar-refractivity contribution in [1.82, 2.24) is 10.2 Å². The predicted octanol–water partition coefficient (Wildman–Crippen LogP) is 6.90. The van der Waals surface area contributed by atoms with E-state index in [2.05, 4.69) is 5.32 Å². The number of sulfonamides is 1. The molecule has 0 aromatic heterocycles. The number of anilines is 1. The number of carbonyl (C=O) groups is 2. The fourth-order valence-electron chi connectivity index (χ4n) is 5.78. The van der Waals surface area contributed by atoms with Crippen molar-refractivity contribution in [3.05, 3.63) is 124 Å². The summed E-state index contributed by atoms with van der Waals surface area (Å²) in [6.45, 7) is -0.562. The lowest BCUT2D eigenvalue weighted by atomic mass is 10.0. The average molecular weight is 695 g/mol. The van der Waals surface area contributed by atoms with E-state index in [0.717, 1.165) is 41.1 Å². The molecule has 0 bridgehead atoms. The summed E-state index contributed by atoms with van der Waals surface area (Å²) in [6.07, 6.45) is 4.02. The fraction of sp³-hybridized carbons (Fsp3) is 0.278. The van der Waals surface area contributed by atoms with Crippen LogP contribution in [0.3, 0.4) is 0 Å². The molecule has 1 fully saturated rings.